The van der Waals surface area contributed by atoms with E-state index in [1.165, 1.54) is 37.2 Å². The van der Waals surface area contributed by atoms with Crippen LogP contribution in [0.15, 0.2) is 0 Å². The van der Waals surface area contributed by atoms with E-state index in [0.29, 0.717) is 5.54 Å². The lowest BCUT2D eigenvalue weighted by atomic mass is 9.96. The number of hydrogen-bond donors (Lipinski definition) is 1. The van der Waals surface area contributed by atoms with E-state index in [-0.39, 0.29) is 0 Å². The van der Waals surface area contributed by atoms with Crippen LogP contribution in [-0.4, -0.2) is 40.4 Å². The average Bonchev–Trinajstić information content (AvgIpc) is 2.84. The van der Waals surface area contributed by atoms with Crippen molar-refractivity contribution < 1.29 is 0 Å². The molecule has 0 saturated heterocycles. The molecule has 0 atom stereocenters. The van der Waals surface area contributed by atoms with Crippen LogP contribution in [0.3, 0.4) is 0 Å². The fourth-order valence-electron chi connectivity index (χ4n) is 2.42. The van der Waals surface area contributed by atoms with Crippen molar-refractivity contribution in [3.63, 3.8) is 0 Å². The van der Waals surface area contributed by atoms with Crippen molar-refractivity contribution in [2.24, 2.45) is 0 Å². The Morgan fingerprint density at radius 1 is 1.38 bits per heavy atom. The van der Waals surface area contributed by atoms with Crippen LogP contribution < -0.4 is 5.32 Å². The van der Waals surface area contributed by atoms with Gasteiger partial charge in [-0.1, -0.05) is 12.8 Å². The van der Waals surface area contributed by atoms with Crippen LogP contribution in [0.25, 0.3) is 0 Å². The van der Waals surface area contributed by atoms with Crippen LogP contribution in [-0.2, 0) is 0 Å². The molecule has 1 aromatic heterocycles. The lowest BCUT2D eigenvalue weighted by Crippen LogP contribution is -2.47. The average molecular weight is 240 g/mol. The van der Waals surface area contributed by atoms with E-state index in [4.69, 9.17) is 0 Å². The van der Waals surface area contributed by atoms with Crippen LogP contribution in [0, 0.1) is 6.92 Å². The molecule has 1 heterocycles. The van der Waals surface area contributed by atoms with Gasteiger partial charge in [-0.25, -0.2) is 4.98 Å². The van der Waals surface area contributed by atoms with E-state index in [0.717, 1.165) is 17.5 Å². The molecular weight excluding hydrogens is 220 g/mol. The molecule has 4 nitrogen and oxygen atoms in total. The van der Waals surface area contributed by atoms with Gasteiger partial charge in [-0.2, -0.15) is 4.37 Å². The molecule has 90 valence electrons. The second-order valence-corrected chi connectivity index (χ2v) is 5.58. The Bertz CT molecular complexity index is 342. The first kappa shape index (κ1) is 11.8. The normalized spacial score (nSPS) is 19.2. The molecule has 2 rings (SSSR count). The standard InChI is InChI=1S/C11H20N4S/c1-9-13-10(16-14-9)12-8-11(15(2)3)6-4-5-7-11/h4-8H2,1-3H3,(H,12,13,14). The summed E-state index contributed by atoms with van der Waals surface area (Å²) in [7, 11) is 4.36. The van der Waals surface area contributed by atoms with Crippen LogP contribution in [0.1, 0.15) is 31.5 Å². The van der Waals surface area contributed by atoms with Crippen molar-refractivity contribution in [2.45, 2.75) is 38.1 Å². The number of aromatic nitrogens is 2. The number of nitrogens with zero attached hydrogens (tertiary/aromatic N) is 3. The second-order valence-electron chi connectivity index (χ2n) is 4.83. The first-order valence-electron chi connectivity index (χ1n) is 5.84. The van der Waals surface area contributed by atoms with E-state index in [1.807, 2.05) is 6.92 Å². The number of aryl methyl sites for hydroxylation is 1. The van der Waals surface area contributed by atoms with E-state index >= 15 is 0 Å². The van der Waals surface area contributed by atoms with Crippen molar-refractivity contribution >= 4 is 16.7 Å². The molecule has 1 saturated carbocycles. The SMILES string of the molecule is Cc1nsc(NCC2(N(C)C)CCCC2)n1. The van der Waals surface area contributed by atoms with Gasteiger partial charge in [-0.3, -0.25) is 0 Å². The minimum absolute atomic E-state index is 0.319. The van der Waals surface area contributed by atoms with Crippen LogP contribution >= 0.6 is 11.5 Å². The summed E-state index contributed by atoms with van der Waals surface area (Å²) >= 11 is 1.45. The molecule has 1 aliphatic rings. The van der Waals surface area contributed by atoms with Gasteiger partial charge >= 0.3 is 0 Å². The molecule has 1 N–H and O–H groups in total. The fraction of sp³-hybridized carbons (Fsp3) is 0.818. The first-order valence-corrected chi connectivity index (χ1v) is 6.61. The highest BCUT2D eigenvalue weighted by Gasteiger charge is 2.35. The molecule has 0 spiro atoms. The number of likely N-dealkylation sites (N-methyl/N-ethyl adjacent to an activating group) is 1. The quantitative estimate of drug-likeness (QED) is 0.875. The maximum absolute atomic E-state index is 4.34. The van der Waals surface area contributed by atoms with Crippen molar-refractivity contribution in [3.05, 3.63) is 5.82 Å². The molecule has 0 aliphatic heterocycles. The zero-order valence-electron chi connectivity index (χ0n) is 10.3. The summed E-state index contributed by atoms with van der Waals surface area (Å²) in [4.78, 5) is 6.70. The molecule has 16 heavy (non-hydrogen) atoms. The third kappa shape index (κ3) is 2.35. The summed E-state index contributed by atoms with van der Waals surface area (Å²) in [6.07, 6.45) is 5.25. The summed E-state index contributed by atoms with van der Waals surface area (Å²) < 4.78 is 4.18. The third-order valence-electron chi connectivity index (χ3n) is 3.58. The molecule has 0 radical (unpaired) electrons. The minimum Gasteiger partial charge on any atom is -0.358 e. The predicted molar refractivity (Wildman–Crippen MR) is 68.0 cm³/mol. The summed E-state index contributed by atoms with van der Waals surface area (Å²) in [6.45, 7) is 2.91. The molecule has 0 amide bonds. The van der Waals surface area contributed by atoms with Gasteiger partial charge in [-0.15, -0.1) is 0 Å². The first-order chi connectivity index (χ1) is 7.62. The second kappa shape index (κ2) is 4.67. The monoisotopic (exact) mass is 240 g/mol. The number of rotatable bonds is 4. The van der Waals surface area contributed by atoms with Gasteiger partial charge in [0.1, 0.15) is 5.82 Å². The van der Waals surface area contributed by atoms with Gasteiger partial charge in [0.25, 0.3) is 0 Å². The molecule has 5 heteroatoms. The Morgan fingerprint density at radius 3 is 2.56 bits per heavy atom. The van der Waals surface area contributed by atoms with Crippen LogP contribution in [0.5, 0.6) is 0 Å². The Balaban J connectivity index is 1.97. The minimum atomic E-state index is 0.319. The third-order valence-corrected chi connectivity index (χ3v) is 4.34. The van der Waals surface area contributed by atoms with Crippen molar-refractivity contribution in [1.29, 1.82) is 0 Å². The zero-order chi connectivity index (χ0) is 11.6. The maximum atomic E-state index is 4.34. The molecule has 1 fully saturated rings. The van der Waals surface area contributed by atoms with Crippen LogP contribution in [0.4, 0.5) is 5.13 Å². The maximum Gasteiger partial charge on any atom is 0.202 e. The van der Waals surface area contributed by atoms with Crippen molar-refractivity contribution in [3.8, 4) is 0 Å². The Hall–Kier alpha value is -0.680. The molecular formula is C11H20N4S. The highest BCUT2D eigenvalue weighted by atomic mass is 32.1. The lowest BCUT2D eigenvalue weighted by Gasteiger charge is -2.36. The van der Waals surface area contributed by atoms with E-state index in [1.54, 1.807) is 0 Å². The van der Waals surface area contributed by atoms with E-state index in [9.17, 15) is 0 Å². The highest BCUT2D eigenvalue weighted by Crippen LogP contribution is 2.33. The number of anilines is 1. The zero-order valence-corrected chi connectivity index (χ0v) is 11.1. The number of nitrogens with one attached hydrogen (secondary N) is 1. The molecule has 0 aromatic carbocycles. The topological polar surface area (TPSA) is 41.1 Å². The summed E-state index contributed by atoms with van der Waals surface area (Å²) in [6, 6.07) is 0. The predicted octanol–water partition coefficient (Wildman–Crippen LogP) is 2.13. The molecule has 0 bridgehead atoms. The summed E-state index contributed by atoms with van der Waals surface area (Å²) in [5.74, 6) is 0.859. The Kier molecular flexibility index (Phi) is 3.44. The van der Waals surface area contributed by atoms with Gasteiger partial charge in [-0.05, 0) is 33.9 Å². The van der Waals surface area contributed by atoms with Gasteiger partial charge in [0.2, 0.25) is 5.13 Å². The van der Waals surface area contributed by atoms with Crippen LogP contribution in [0.2, 0.25) is 0 Å². The fourth-order valence-corrected chi connectivity index (χ4v) is 2.99. The van der Waals surface area contributed by atoms with Gasteiger partial charge in [0.05, 0.1) is 0 Å². The Labute approximate surface area is 101 Å². The highest BCUT2D eigenvalue weighted by molar-refractivity contribution is 7.09. The molecule has 1 aromatic rings. The lowest BCUT2D eigenvalue weighted by molar-refractivity contribution is 0.172. The smallest absolute Gasteiger partial charge is 0.202 e. The van der Waals surface area contributed by atoms with E-state index in [2.05, 4.69) is 33.7 Å². The summed E-state index contributed by atoms with van der Waals surface area (Å²) in [5, 5.41) is 4.38. The van der Waals surface area contributed by atoms with Crippen molar-refractivity contribution in [1.82, 2.24) is 14.3 Å². The molecule has 1 aliphatic carbocycles. The largest absolute Gasteiger partial charge is 0.358 e. The van der Waals surface area contributed by atoms with Gasteiger partial charge in [0, 0.05) is 23.6 Å². The summed E-state index contributed by atoms with van der Waals surface area (Å²) in [5.41, 5.74) is 0.319. The number of hydrogen-bond acceptors (Lipinski definition) is 5. The van der Waals surface area contributed by atoms with Gasteiger partial charge < -0.3 is 10.2 Å². The van der Waals surface area contributed by atoms with E-state index < -0.39 is 0 Å². The Morgan fingerprint density at radius 2 is 2.06 bits per heavy atom. The van der Waals surface area contributed by atoms with Crippen molar-refractivity contribution in [2.75, 3.05) is 26.0 Å². The molecule has 0 unspecified atom stereocenters. The van der Waals surface area contributed by atoms with Gasteiger partial charge in [0.15, 0.2) is 0 Å².